The number of ether oxygens (including phenoxy) is 1. The number of guanidine groups is 1. The third kappa shape index (κ3) is 4.71. The van der Waals surface area contributed by atoms with E-state index in [2.05, 4.69) is 15.6 Å². The summed E-state index contributed by atoms with van der Waals surface area (Å²) in [4.78, 5) is 4.13. The summed E-state index contributed by atoms with van der Waals surface area (Å²) < 4.78 is 33.0. The second-order valence-corrected chi connectivity index (χ2v) is 6.29. The monoisotopic (exact) mass is 359 g/mol. The molecule has 2 N–H and O–H groups in total. The van der Waals surface area contributed by atoms with Crippen molar-refractivity contribution in [2.45, 2.75) is 38.5 Å². The van der Waals surface area contributed by atoms with Gasteiger partial charge in [-0.3, -0.25) is 4.99 Å². The molecular weight excluding hydrogens is 336 g/mol. The number of benzene rings is 2. The van der Waals surface area contributed by atoms with Gasteiger partial charge in [-0.1, -0.05) is 18.2 Å². The molecule has 1 fully saturated rings. The lowest BCUT2D eigenvalue weighted by Gasteiger charge is -2.27. The van der Waals surface area contributed by atoms with E-state index in [9.17, 15) is 8.78 Å². The minimum Gasteiger partial charge on any atom is -0.490 e. The van der Waals surface area contributed by atoms with Crippen molar-refractivity contribution >= 4 is 5.96 Å². The van der Waals surface area contributed by atoms with Crippen LogP contribution in [0.3, 0.4) is 0 Å². The number of para-hydroxylation sites is 1. The van der Waals surface area contributed by atoms with E-state index in [0.717, 1.165) is 36.3 Å². The first kappa shape index (κ1) is 18.2. The van der Waals surface area contributed by atoms with Crippen LogP contribution in [0.2, 0.25) is 0 Å². The first-order valence-corrected chi connectivity index (χ1v) is 8.78. The van der Waals surface area contributed by atoms with E-state index in [0.29, 0.717) is 18.6 Å². The summed E-state index contributed by atoms with van der Waals surface area (Å²) in [7, 11) is 1.63. The maximum absolute atomic E-state index is 13.7. The summed E-state index contributed by atoms with van der Waals surface area (Å²) in [6.45, 7) is 0.664. The van der Waals surface area contributed by atoms with Crippen LogP contribution in [0.25, 0.3) is 0 Å². The highest BCUT2D eigenvalue weighted by Crippen LogP contribution is 2.27. The van der Waals surface area contributed by atoms with E-state index in [4.69, 9.17) is 4.74 Å². The van der Waals surface area contributed by atoms with Gasteiger partial charge in [-0.2, -0.15) is 0 Å². The Balaban J connectivity index is 1.56. The van der Waals surface area contributed by atoms with Crippen LogP contribution < -0.4 is 15.4 Å². The lowest BCUT2D eigenvalue weighted by Crippen LogP contribution is -2.36. The van der Waals surface area contributed by atoms with E-state index in [1.807, 2.05) is 24.3 Å². The predicted octanol–water partition coefficient (Wildman–Crippen LogP) is 3.76. The normalized spacial score (nSPS) is 14.7. The van der Waals surface area contributed by atoms with Gasteiger partial charge in [-0.15, -0.1) is 0 Å². The smallest absolute Gasteiger partial charge is 0.191 e. The molecule has 138 valence electrons. The molecule has 0 aliphatic heterocycles. The van der Waals surface area contributed by atoms with Gasteiger partial charge in [0, 0.05) is 31.3 Å². The average Bonchev–Trinajstić information content (AvgIpc) is 2.62. The van der Waals surface area contributed by atoms with Crippen molar-refractivity contribution in [3.8, 4) is 5.75 Å². The molecule has 0 amide bonds. The maximum Gasteiger partial charge on any atom is 0.191 e. The Hall–Kier alpha value is -2.63. The van der Waals surface area contributed by atoms with E-state index >= 15 is 0 Å². The second kappa shape index (κ2) is 8.65. The maximum atomic E-state index is 13.7. The van der Waals surface area contributed by atoms with Gasteiger partial charge in [0.15, 0.2) is 5.96 Å². The van der Waals surface area contributed by atoms with Crippen molar-refractivity contribution in [2.24, 2.45) is 4.99 Å². The predicted molar refractivity (Wildman–Crippen MR) is 98.1 cm³/mol. The summed E-state index contributed by atoms with van der Waals surface area (Å²) >= 11 is 0. The van der Waals surface area contributed by atoms with Crippen LogP contribution in [0.4, 0.5) is 8.78 Å². The van der Waals surface area contributed by atoms with Crippen molar-refractivity contribution in [3.63, 3.8) is 0 Å². The van der Waals surface area contributed by atoms with Crippen LogP contribution in [-0.4, -0.2) is 19.1 Å². The Bertz CT molecular complexity index is 775. The fourth-order valence-corrected chi connectivity index (χ4v) is 2.69. The molecule has 0 saturated heterocycles. The summed E-state index contributed by atoms with van der Waals surface area (Å²) in [6.07, 6.45) is 3.73. The molecule has 1 saturated carbocycles. The number of rotatable bonds is 6. The molecule has 2 aromatic rings. The van der Waals surface area contributed by atoms with Gasteiger partial charge in [0.05, 0.1) is 6.10 Å². The van der Waals surface area contributed by atoms with Crippen molar-refractivity contribution in [1.82, 2.24) is 10.6 Å². The zero-order chi connectivity index (χ0) is 18.4. The van der Waals surface area contributed by atoms with Crippen LogP contribution in [0.15, 0.2) is 47.5 Å². The molecule has 0 heterocycles. The van der Waals surface area contributed by atoms with Crippen LogP contribution in [0.5, 0.6) is 5.75 Å². The fourth-order valence-electron chi connectivity index (χ4n) is 2.69. The number of aliphatic imine (C=N–C) groups is 1. The molecule has 0 spiro atoms. The van der Waals surface area contributed by atoms with Crippen LogP contribution in [0, 0.1) is 11.6 Å². The van der Waals surface area contributed by atoms with E-state index < -0.39 is 11.6 Å². The highest BCUT2D eigenvalue weighted by atomic mass is 19.1. The molecule has 0 bridgehead atoms. The Morgan fingerprint density at radius 2 is 1.81 bits per heavy atom. The van der Waals surface area contributed by atoms with E-state index in [-0.39, 0.29) is 12.1 Å². The van der Waals surface area contributed by atoms with Crippen molar-refractivity contribution in [2.75, 3.05) is 7.05 Å². The highest BCUT2D eigenvalue weighted by Gasteiger charge is 2.20. The SMILES string of the molecule is CN=C(NCc1cc(F)ccc1F)NCc1ccccc1OC1CCC1. The molecule has 1 aliphatic rings. The number of nitrogens with one attached hydrogen (secondary N) is 2. The minimum atomic E-state index is -0.465. The number of nitrogens with zero attached hydrogens (tertiary/aromatic N) is 1. The van der Waals surface area contributed by atoms with Gasteiger partial charge < -0.3 is 15.4 Å². The molecule has 0 unspecified atom stereocenters. The zero-order valence-electron chi connectivity index (χ0n) is 14.8. The van der Waals surface area contributed by atoms with Crippen LogP contribution in [-0.2, 0) is 13.1 Å². The van der Waals surface area contributed by atoms with Gasteiger partial charge >= 0.3 is 0 Å². The first-order chi connectivity index (χ1) is 12.7. The fraction of sp³-hybridized carbons (Fsp3) is 0.350. The summed E-state index contributed by atoms with van der Waals surface area (Å²) in [5.41, 5.74) is 1.28. The molecule has 6 heteroatoms. The molecule has 1 aliphatic carbocycles. The molecule has 0 aromatic heterocycles. The summed E-state index contributed by atoms with van der Waals surface area (Å²) in [5, 5.41) is 6.18. The average molecular weight is 359 g/mol. The zero-order valence-corrected chi connectivity index (χ0v) is 14.8. The Morgan fingerprint density at radius 1 is 1.08 bits per heavy atom. The Morgan fingerprint density at radius 3 is 2.50 bits per heavy atom. The largest absolute Gasteiger partial charge is 0.490 e. The number of halogens is 2. The van der Waals surface area contributed by atoms with Gasteiger partial charge in [-0.05, 0) is 43.5 Å². The molecule has 0 atom stereocenters. The van der Waals surface area contributed by atoms with Gasteiger partial charge in [-0.25, -0.2) is 8.78 Å². The van der Waals surface area contributed by atoms with Crippen LogP contribution >= 0.6 is 0 Å². The Kier molecular flexibility index (Phi) is 6.04. The van der Waals surface area contributed by atoms with E-state index in [1.54, 1.807) is 7.05 Å². The topological polar surface area (TPSA) is 45.7 Å². The van der Waals surface area contributed by atoms with Gasteiger partial charge in [0.25, 0.3) is 0 Å². The Labute approximate surface area is 152 Å². The molecule has 0 radical (unpaired) electrons. The lowest BCUT2D eigenvalue weighted by molar-refractivity contribution is 0.119. The third-order valence-electron chi connectivity index (χ3n) is 4.44. The van der Waals surface area contributed by atoms with Gasteiger partial charge in [0.1, 0.15) is 17.4 Å². The molecule has 26 heavy (non-hydrogen) atoms. The molecule has 2 aromatic carbocycles. The number of hydrogen-bond donors (Lipinski definition) is 2. The molecule has 3 rings (SSSR count). The minimum absolute atomic E-state index is 0.142. The molecular formula is C20H23F2N3O. The van der Waals surface area contributed by atoms with Gasteiger partial charge in [0.2, 0.25) is 0 Å². The standard InChI is InChI=1S/C20H23F2N3O/c1-23-20(25-13-15-11-16(21)9-10-18(15)22)24-12-14-5-2-3-8-19(14)26-17-6-4-7-17/h2-3,5,8-11,17H,4,6-7,12-13H2,1H3,(H2,23,24,25). The third-order valence-corrected chi connectivity index (χ3v) is 4.44. The lowest BCUT2D eigenvalue weighted by atomic mass is 9.96. The van der Waals surface area contributed by atoms with E-state index in [1.165, 1.54) is 12.5 Å². The summed E-state index contributed by atoms with van der Waals surface area (Å²) in [5.74, 6) is 0.463. The van der Waals surface area contributed by atoms with Crippen molar-refractivity contribution in [3.05, 3.63) is 65.2 Å². The number of hydrogen-bond acceptors (Lipinski definition) is 2. The summed E-state index contributed by atoms with van der Waals surface area (Å²) in [6, 6.07) is 11.3. The highest BCUT2D eigenvalue weighted by molar-refractivity contribution is 5.79. The molecule has 4 nitrogen and oxygen atoms in total. The van der Waals surface area contributed by atoms with Crippen molar-refractivity contribution < 1.29 is 13.5 Å². The quantitative estimate of drug-likeness (QED) is 0.610. The van der Waals surface area contributed by atoms with Crippen LogP contribution in [0.1, 0.15) is 30.4 Å². The second-order valence-electron chi connectivity index (χ2n) is 6.29. The van der Waals surface area contributed by atoms with Crippen molar-refractivity contribution in [1.29, 1.82) is 0 Å². The first-order valence-electron chi connectivity index (χ1n) is 8.78.